The van der Waals surface area contributed by atoms with Crippen LogP contribution in [0.15, 0.2) is 34.1 Å². The first-order chi connectivity index (χ1) is 12.8. The zero-order valence-corrected chi connectivity index (χ0v) is 15.7. The van der Waals surface area contributed by atoms with Crippen molar-refractivity contribution < 1.29 is 4.79 Å². The second kappa shape index (κ2) is 6.16. The summed E-state index contributed by atoms with van der Waals surface area (Å²) in [5.74, 6) is -0.300. The number of carbonyl (C=O) groups excluding carboxylic acids is 1. The molecule has 0 unspecified atom stereocenters. The number of fused-ring (bicyclic) bond motifs is 2. The third kappa shape index (κ3) is 2.83. The van der Waals surface area contributed by atoms with Crippen molar-refractivity contribution in [3.8, 4) is 0 Å². The Morgan fingerprint density at radius 1 is 1.22 bits per heavy atom. The molecule has 0 saturated heterocycles. The minimum atomic E-state index is -0.486. The number of hydrogen-bond donors (Lipinski definition) is 1. The quantitative estimate of drug-likeness (QED) is 0.567. The molecule has 3 heterocycles. The summed E-state index contributed by atoms with van der Waals surface area (Å²) in [6.07, 6.45) is 1.39. The Morgan fingerprint density at radius 2 is 2.00 bits per heavy atom. The smallest absolute Gasteiger partial charge is 0.324 e. The summed E-state index contributed by atoms with van der Waals surface area (Å²) in [5.41, 5.74) is 1.05. The molecular formula is C17H16N6O3S. The highest BCUT2D eigenvalue weighted by molar-refractivity contribution is 7.18. The van der Waals surface area contributed by atoms with Crippen LogP contribution in [-0.4, -0.2) is 29.6 Å². The van der Waals surface area contributed by atoms with Crippen LogP contribution in [0.2, 0.25) is 0 Å². The minimum absolute atomic E-state index is 0.0936. The van der Waals surface area contributed by atoms with Crippen molar-refractivity contribution in [1.82, 2.24) is 23.7 Å². The standard InChI is InChI=1S/C17H16N6O3S/c1-9-19-11-5-4-10(6-12(11)27-9)20-13(24)7-23-8-18-15-14(23)16(25)22(3)17(26)21(15)2/h4-6,8H,7H2,1-3H3,(H,20,24). The molecule has 4 aromatic rings. The van der Waals surface area contributed by atoms with Gasteiger partial charge in [-0.15, -0.1) is 11.3 Å². The fraction of sp³-hybridized carbons (Fsp3) is 0.235. The first-order valence-electron chi connectivity index (χ1n) is 8.13. The number of aromatic nitrogens is 5. The molecule has 0 bridgehead atoms. The fourth-order valence-electron chi connectivity index (χ4n) is 2.99. The summed E-state index contributed by atoms with van der Waals surface area (Å²) in [4.78, 5) is 45.4. The average molecular weight is 384 g/mol. The van der Waals surface area contributed by atoms with Crippen molar-refractivity contribution in [3.63, 3.8) is 0 Å². The van der Waals surface area contributed by atoms with E-state index in [9.17, 15) is 14.4 Å². The van der Waals surface area contributed by atoms with E-state index in [0.29, 0.717) is 5.69 Å². The van der Waals surface area contributed by atoms with E-state index in [1.54, 1.807) is 17.4 Å². The molecule has 1 aromatic carbocycles. The first-order valence-corrected chi connectivity index (χ1v) is 8.94. The van der Waals surface area contributed by atoms with Crippen LogP contribution in [0.4, 0.5) is 5.69 Å². The van der Waals surface area contributed by atoms with Crippen LogP contribution < -0.4 is 16.6 Å². The summed E-state index contributed by atoms with van der Waals surface area (Å²) < 4.78 is 4.72. The molecule has 10 heteroatoms. The van der Waals surface area contributed by atoms with E-state index < -0.39 is 11.2 Å². The molecule has 4 rings (SSSR count). The molecule has 0 radical (unpaired) electrons. The lowest BCUT2D eigenvalue weighted by Crippen LogP contribution is -2.37. The zero-order valence-electron chi connectivity index (χ0n) is 14.9. The van der Waals surface area contributed by atoms with Gasteiger partial charge < -0.3 is 9.88 Å². The Balaban J connectivity index is 1.64. The van der Waals surface area contributed by atoms with Crippen molar-refractivity contribution in [3.05, 3.63) is 50.4 Å². The van der Waals surface area contributed by atoms with Gasteiger partial charge in [0.1, 0.15) is 6.54 Å². The number of anilines is 1. The van der Waals surface area contributed by atoms with E-state index >= 15 is 0 Å². The lowest BCUT2D eigenvalue weighted by molar-refractivity contribution is -0.116. The fourth-order valence-corrected chi connectivity index (χ4v) is 3.86. The zero-order chi connectivity index (χ0) is 19.3. The van der Waals surface area contributed by atoms with Crippen LogP contribution in [0.5, 0.6) is 0 Å². The van der Waals surface area contributed by atoms with E-state index in [1.165, 1.54) is 29.6 Å². The maximum atomic E-state index is 12.5. The summed E-state index contributed by atoms with van der Waals surface area (Å²) in [7, 11) is 2.93. The normalized spacial score (nSPS) is 11.4. The molecular weight excluding hydrogens is 368 g/mol. The molecule has 9 nitrogen and oxygen atoms in total. The lowest BCUT2D eigenvalue weighted by atomic mass is 10.3. The van der Waals surface area contributed by atoms with Crippen LogP contribution in [0.25, 0.3) is 21.4 Å². The van der Waals surface area contributed by atoms with Crippen LogP contribution >= 0.6 is 11.3 Å². The van der Waals surface area contributed by atoms with Crippen molar-refractivity contribution in [2.24, 2.45) is 14.1 Å². The number of nitrogens with one attached hydrogen (secondary N) is 1. The number of benzene rings is 1. The highest BCUT2D eigenvalue weighted by Gasteiger charge is 2.16. The Morgan fingerprint density at radius 3 is 2.78 bits per heavy atom. The summed E-state index contributed by atoms with van der Waals surface area (Å²) in [6.45, 7) is 1.84. The van der Waals surface area contributed by atoms with Gasteiger partial charge in [0.15, 0.2) is 11.2 Å². The van der Waals surface area contributed by atoms with Crippen molar-refractivity contribution in [2.45, 2.75) is 13.5 Å². The number of nitrogens with zero attached hydrogens (tertiary/aromatic N) is 5. The largest absolute Gasteiger partial charge is 0.332 e. The number of hydrogen-bond acceptors (Lipinski definition) is 6. The van der Waals surface area contributed by atoms with Gasteiger partial charge in [0.25, 0.3) is 5.56 Å². The van der Waals surface area contributed by atoms with E-state index in [-0.39, 0.29) is 23.6 Å². The Bertz CT molecular complexity index is 1330. The molecule has 0 spiro atoms. The summed E-state index contributed by atoms with van der Waals surface area (Å²) >= 11 is 1.55. The highest BCUT2D eigenvalue weighted by atomic mass is 32.1. The van der Waals surface area contributed by atoms with E-state index in [1.807, 2.05) is 19.1 Å². The molecule has 0 saturated carbocycles. The van der Waals surface area contributed by atoms with E-state index in [2.05, 4.69) is 15.3 Å². The van der Waals surface area contributed by atoms with Crippen LogP contribution in [0.3, 0.4) is 0 Å². The molecule has 0 fully saturated rings. The topological polar surface area (TPSA) is 104 Å². The maximum absolute atomic E-state index is 12.5. The Labute approximate surface area is 156 Å². The van der Waals surface area contributed by atoms with Crippen LogP contribution in [-0.2, 0) is 25.4 Å². The Kier molecular flexibility index (Phi) is 3.92. The number of imidazole rings is 1. The molecule has 0 atom stereocenters. The summed E-state index contributed by atoms with van der Waals surface area (Å²) in [5, 5.41) is 3.78. The molecule has 1 N–H and O–H groups in total. The van der Waals surface area contributed by atoms with Gasteiger partial charge in [0.05, 0.1) is 21.6 Å². The maximum Gasteiger partial charge on any atom is 0.332 e. The van der Waals surface area contributed by atoms with E-state index in [4.69, 9.17) is 0 Å². The monoisotopic (exact) mass is 384 g/mol. The van der Waals surface area contributed by atoms with Crippen molar-refractivity contribution >= 4 is 44.3 Å². The molecule has 3 aromatic heterocycles. The van der Waals surface area contributed by atoms with Gasteiger partial charge in [-0.25, -0.2) is 14.8 Å². The second-order valence-corrected chi connectivity index (χ2v) is 7.45. The third-order valence-corrected chi connectivity index (χ3v) is 5.24. The SMILES string of the molecule is Cc1nc2ccc(NC(=O)Cn3cnc4c3c(=O)n(C)c(=O)n4C)cc2s1. The number of carbonyl (C=O) groups is 1. The number of amides is 1. The molecule has 0 aliphatic carbocycles. The first kappa shape index (κ1) is 17.2. The van der Waals surface area contributed by atoms with Gasteiger partial charge in [-0.2, -0.15) is 0 Å². The van der Waals surface area contributed by atoms with Gasteiger partial charge in [-0.05, 0) is 25.1 Å². The molecule has 1 amide bonds. The number of thiazole rings is 1. The predicted molar refractivity (Wildman–Crippen MR) is 103 cm³/mol. The average Bonchev–Trinajstić information content (AvgIpc) is 3.20. The van der Waals surface area contributed by atoms with Gasteiger partial charge in [-0.3, -0.25) is 18.7 Å². The predicted octanol–water partition coefficient (Wildman–Crippen LogP) is 0.991. The van der Waals surface area contributed by atoms with Crippen molar-refractivity contribution in [1.29, 1.82) is 0 Å². The lowest BCUT2D eigenvalue weighted by Gasteiger charge is -2.08. The minimum Gasteiger partial charge on any atom is -0.324 e. The highest BCUT2D eigenvalue weighted by Crippen LogP contribution is 2.24. The van der Waals surface area contributed by atoms with E-state index in [0.717, 1.165) is 19.8 Å². The van der Waals surface area contributed by atoms with Crippen LogP contribution in [0.1, 0.15) is 5.01 Å². The Hall–Kier alpha value is -3.27. The van der Waals surface area contributed by atoms with Gasteiger partial charge >= 0.3 is 5.69 Å². The van der Waals surface area contributed by atoms with Gasteiger partial charge in [-0.1, -0.05) is 0 Å². The second-order valence-electron chi connectivity index (χ2n) is 6.21. The molecule has 0 aliphatic heterocycles. The molecule has 27 heavy (non-hydrogen) atoms. The molecule has 138 valence electrons. The van der Waals surface area contributed by atoms with Gasteiger partial charge in [0.2, 0.25) is 5.91 Å². The van der Waals surface area contributed by atoms with Crippen molar-refractivity contribution in [2.75, 3.05) is 5.32 Å². The summed E-state index contributed by atoms with van der Waals surface area (Å²) in [6, 6.07) is 5.51. The van der Waals surface area contributed by atoms with Crippen LogP contribution in [0, 0.1) is 6.92 Å². The van der Waals surface area contributed by atoms with Gasteiger partial charge in [0, 0.05) is 19.8 Å². The third-order valence-electron chi connectivity index (χ3n) is 4.31. The molecule has 0 aliphatic rings. The number of rotatable bonds is 3. The number of aryl methyl sites for hydroxylation is 2.